The summed E-state index contributed by atoms with van der Waals surface area (Å²) in [5.74, 6) is 0. The van der Waals surface area contributed by atoms with Crippen LogP contribution in [0.3, 0.4) is 0 Å². The number of hydrogen-bond donors (Lipinski definition) is 0. The second-order valence-electron chi connectivity index (χ2n) is 2.99. The quantitative estimate of drug-likeness (QED) is 0.426. The van der Waals surface area contributed by atoms with Crippen LogP contribution in [0, 0.1) is 0 Å². The highest BCUT2D eigenvalue weighted by atomic mass is 16.6. The fourth-order valence-corrected chi connectivity index (χ4v) is 0.757. The van der Waals surface area contributed by atoms with Gasteiger partial charge in [-0.15, -0.1) is 0 Å². The van der Waals surface area contributed by atoms with Crippen molar-refractivity contribution in [3.63, 3.8) is 0 Å². The van der Waals surface area contributed by atoms with Gasteiger partial charge in [0.25, 0.3) is 0 Å². The molecule has 66 valence electrons. The van der Waals surface area contributed by atoms with E-state index in [-0.39, 0.29) is 5.60 Å². The lowest BCUT2D eigenvalue weighted by Gasteiger charge is -2.06. The number of epoxide rings is 1. The van der Waals surface area contributed by atoms with E-state index in [0.717, 1.165) is 13.2 Å². The van der Waals surface area contributed by atoms with Gasteiger partial charge in [0.2, 0.25) is 0 Å². The van der Waals surface area contributed by atoms with Crippen LogP contribution in [-0.4, -0.2) is 38.6 Å². The number of ether oxygens (including phenoxy) is 3. The van der Waals surface area contributed by atoms with Gasteiger partial charge in [0.05, 0.1) is 26.4 Å². The van der Waals surface area contributed by atoms with Crippen molar-refractivity contribution in [1.82, 2.24) is 0 Å². The minimum atomic E-state index is 0.0201. The molecule has 1 rings (SSSR count). The monoisotopic (exact) mass is 160 g/mol. The molecule has 0 aliphatic carbocycles. The van der Waals surface area contributed by atoms with Crippen molar-refractivity contribution in [2.45, 2.75) is 19.4 Å². The smallest absolute Gasteiger partial charge is 0.112 e. The van der Waals surface area contributed by atoms with E-state index in [1.165, 1.54) is 0 Å². The van der Waals surface area contributed by atoms with Crippen LogP contribution in [0.2, 0.25) is 0 Å². The summed E-state index contributed by atoms with van der Waals surface area (Å²) >= 11 is 0. The van der Waals surface area contributed by atoms with Gasteiger partial charge in [-0.3, -0.25) is 0 Å². The van der Waals surface area contributed by atoms with Crippen molar-refractivity contribution in [3.8, 4) is 0 Å². The summed E-state index contributed by atoms with van der Waals surface area (Å²) in [7, 11) is 0. The van der Waals surface area contributed by atoms with E-state index in [2.05, 4.69) is 0 Å². The molecular formula is C8H16O3. The maximum absolute atomic E-state index is 5.31. The first-order chi connectivity index (χ1) is 5.27. The van der Waals surface area contributed by atoms with Gasteiger partial charge in [-0.2, -0.15) is 0 Å². The number of rotatable bonds is 6. The van der Waals surface area contributed by atoms with E-state index in [1.807, 2.05) is 13.8 Å². The van der Waals surface area contributed by atoms with E-state index >= 15 is 0 Å². The first-order valence-corrected chi connectivity index (χ1v) is 4.06. The third kappa shape index (κ3) is 3.70. The average molecular weight is 160 g/mol. The Hall–Kier alpha value is -0.120. The molecular weight excluding hydrogens is 144 g/mol. The van der Waals surface area contributed by atoms with Crippen molar-refractivity contribution in [2.24, 2.45) is 0 Å². The van der Waals surface area contributed by atoms with Gasteiger partial charge in [0.15, 0.2) is 0 Å². The molecule has 0 aromatic rings. The molecule has 0 aromatic carbocycles. The van der Waals surface area contributed by atoms with Crippen molar-refractivity contribution in [3.05, 3.63) is 0 Å². The number of hydrogen-bond acceptors (Lipinski definition) is 3. The van der Waals surface area contributed by atoms with Crippen molar-refractivity contribution >= 4 is 0 Å². The Labute approximate surface area is 67.6 Å². The Kier molecular flexibility index (Phi) is 3.30. The molecule has 11 heavy (non-hydrogen) atoms. The summed E-state index contributed by atoms with van der Waals surface area (Å²) in [4.78, 5) is 0. The summed E-state index contributed by atoms with van der Waals surface area (Å²) in [6, 6.07) is 0. The van der Waals surface area contributed by atoms with Crippen LogP contribution in [0.15, 0.2) is 0 Å². The zero-order valence-electron chi connectivity index (χ0n) is 7.26. The van der Waals surface area contributed by atoms with Crippen molar-refractivity contribution < 1.29 is 14.2 Å². The largest absolute Gasteiger partial charge is 0.379 e. The Morgan fingerprint density at radius 3 is 2.55 bits per heavy atom. The maximum Gasteiger partial charge on any atom is 0.112 e. The Balaban J connectivity index is 1.81. The highest BCUT2D eigenvalue weighted by Crippen LogP contribution is 2.25. The van der Waals surface area contributed by atoms with Crippen LogP contribution >= 0.6 is 0 Å². The lowest BCUT2D eigenvalue weighted by molar-refractivity contribution is 0.0320. The molecule has 1 heterocycles. The second-order valence-corrected chi connectivity index (χ2v) is 2.99. The van der Waals surface area contributed by atoms with E-state index in [9.17, 15) is 0 Å². The van der Waals surface area contributed by atoms with Gasteiger partial charge in [0, 0.05) is 6.61 Å². The molecule has 0 bridgehead atoms. The molecule has 1 aliphatic heterocycles. The molecule has 0 amide bonds. The van der Waals surface area contributed by atoms with E-state index < -0.39 is 0 Å². The Morgan fingerprint density at radius 2 is 2.00 bits per heavy atom. The molecule has 0 spiro atoms. The molecule has 1 fully saturated rings. The molecule has 1 saturated heterocycles. The maximum atomic E-state index is 5.31. The van der Waals surface area contributed by atoms with Crippen LogP contribution in [-0.2, 0) is 14.2 Å². The molecule has 1 atom stereocenters. The average Bonchev–Trinajstić information content (AvgIpc) is 2.69. The molecule has 1 aliphatic rings. The predicted molar refractivity (Wildman–Crippen MR) is 41.7 cm³/mol. The molecule has 0 aromatic heterocycles. The fourth-order valence-electron chi connectivity index (χ4n) is 0.757. The molecule has 0 unspecified atom stereocenters. The van der Waals surface area contributed by atoms with Gasteiger partial charge >= 0.3 is 0 Å². The highest BCUT2D eigenvalue weighted by Gasteiger charge is 2.39. The standard InChI is InChI=1S/C8H16O3/c1-3-9-4-5-10-6-8(2)7-11-8/h3-7H2,1-2H3/t8-/m0/s1. The fraction of sp³-hybridized carbons (Fsp3) is 1.00. The lowest BCUT2D eigenvalue weighted by Crippen LogP contribution is -2.16. The van der Waals surface area contributed by atoms with Gasteiger partial charge in [-0.1, -0.05) is 0 Å². The van der Waals surface area contributed by atoms with Crippen LogP contribution in [0.4, 0.5) is 0 Å². The summed E-state index contributed by atoms with van der Waals surface area (Å²) in [5, 5.41) is 0. The Bertz CT molecular complexity index is 110. The first-order valence-electron chi connectivity index (χ1n) is 4.06. The third-order valence-corrected chi connectivity index (χ3v) is 1.62. The summed E-state index contributed by atoms with van der Waals surface area (Å²) in [5.41, 5.74) is 0.0201. The Morgan fingerprint density at radius 1 is 1.36 bits per heavy atom. The summed E-state index contributed by atoms with van der Waals surface area (Å²) in [6.07, 6.45) is 0. The van der Waals surface area contributed by atoms with Crippen LogP contribution < -0.4 is 0 Å². The molecule has 3 nitrogen and oxygen atoms in total. The summed E-state index contributed by atoms with van der Waals surface area (Å²) in [6.45, 7) is 7.68. The topological polar surface area (TPSA) is 31.0 Å². The normalized spacial score (nSPS) is 28.9. The minimum absolute atomic E-state index is 0.0201. The molecule has 3 heteroatoms. The van der Waals surface area contributed by atoms with Gasteiger partial charge < -0.3 is 14.2 Å². The van der Waals surface area contributed by atoms with Crippen molar-refractivity contribution in [2.75, 3.05) is 33.0 Å². The lowest BCUT2D eigenvalue weighted by atomic mass is 10.2. The van der Waals surface area contributed by atoms with Crippen LogP contribution in [0.25, 0.3) is 0 Å². The van der Waals surface area contributed by atoms with Gasteiger partial charge in [0.1, 0.15) is 5.60 Å². The van der Waals surface area contributed by atoms with Gasteiger partial charge in [-0.25, -0.2) is 0 Å². The molecule has 0 radical (unpaired) electrons. The van der Waals surface area contributed by atoms with Gasteiger partial charge in [-0.05, 0) is 13.8 Å². The molecule has 0 N–H and O–H groups in total. The first kappa shape index (κ1) is 8.97. The van der Waals surface area contributed by atoms with E-state index in [4.69, 9.17) is 14.2 Å². The SMILES string of the molecule is CCOCCOC[C@@]1(C)CO1. The predicted octanol–water partition coefficient (Wildman–Crippen LogP) is 0.828. The van der Waals surface area contributed by atoms with Crippen LogP contribution in [0.5, 0.6) is 0 Å². The molecule has 0 saturated carbocycles. The summed E-state index contributed by atoms with van der Waals surface area (Å²) < 4.78 is 15.6. The minimum Gasteiger partial charge on any atom is -0.379 e. The second kappa shape index (κ2) is 4.04. The third-order valence-electron chi connectivity index (χ3n) is 1.62. The van der Waals surface area contributed by atoms with E-state index in [1.54, 1.807) is 0 Å². The highest BCUT2D eigenvalue weighted by molar-refractivity contribution is 4.86. The van der Waals surface area contributed by atoms with E-state index in [0.29, 0.717) is 19.8 Å². The zero-order valence-corrected chi connectivity index (χ0v) is 7.26. The zero-order chi connectivity index (χ0) is 8.16. The van der Waals surface area contributed by atoms with Crippen LogP contribution in [0.1, 0.15) is 13.8 Å². The van der Waals surface area contributed by atoms with Crippen molar-refractivity contribution in [1.29, 1.82) is 0 Å².